The molecule has 0 bridgehead atoms. The van der Waals surface area contributed by atoms with Gasteiger partial charge in [0.15, 0.2) is 5.16 Å². The normalized spacial score (nSPS) is 14.3. The van der Waals surface area contributed by atoms with Crippen molar-refractivity contribution in [2.75, 3.05) is 36.8 Å². The summed E-state index contributed by atoms with van der Waals surface area (Å²) in [7, 11) is 0. The van der Waals surface area contributed by atoms with Gasteiger partial charge in [-0.1, -0.05) is 49.3 Å². The maximum absolute atomic E-state index is 12.8. The fraction of sp³-hybridized carbons (Fsp3) is 0.364. The SMILES string of the molecule is CC(C)c1ccc(-n2cnnc2SCC(=O)N2CCN(c3ncccc3Cl)CC2)cc1. The molecule has 0 atom stereocenters. The first-order chi connectivity index (χ1) is 15.0. The van der Waals surface area contributed by atoms with Crippen molar-refractivity contribution >= 4 is 35.1 Å². The van der Waals surface area contributed by atoms with Crippen molar-refractivity contribution in [2.45, 2.75) is 24.9 Å². The van der Waals surface area contributed by atoms with E-state index in [1.165, 1.54) is 17.3 Å². The molecule has 0 spiro atoms. The number of hydrogen-bond acceptors (Lipinski definition) is 6. The summed E-state index contributed by atoms with van der Waals surface area (Å²) in [6, 6.07) is 12.0. The van der Waals surface area contributed by atoms with Gasteiger partial charge >= 0.3 is 0 Å². The van der Waals surface area contributed by atoms with Crippen molar-refractivity contribution in [1.82, 2.24) is 24.6 Å². The Hall–Kier alpha value is -2.58. The molecule has 9 heteroatoms. The summed E-state index contributed by atoms with van der Waals surface area (Å²) >= 11 is 7.66. The Morgan fingerprint density at radius 3 is 2.55 bits per heavy atom. The topological polar surface area (TPSA) is 67.2 Å². The minimum atomic E-state index is 0.0986. The van der Waals surface area contributed by atoms with E-state index in [0.29, 0.717) is 48.0 Å². The summed E-state index contributed by atoms with van der Waals surface area (Å²) in [5.41, 5.74) is 2.28. The van der Waals surface area contributed by atoms with E-state index in [-0.39, 0.29) is 5.91 Å². The summed E-state index contributed by atoms with van der Waals surface area (Å²) in [4.78, 5) is 21.1. The number of carbonyl (C=O) groups excluding carboxylic acids is 1. The van der Waals surface area contributed by atoms with Crippen LogP contribution in [0.2, 0.25) is 5.02 Å². The molecule has 162 valence electrons. The summed E-state index contributed by atoms with van der Waals surface area (Å²) in [6.45, 7) is 7.07. The molecule has 3 heterocycles. The summed E-state index contributed by atoms with van der Waals surface area (Å²) < 4.78 is 1.92. The fourth-order valence-electron chi connectivity index (χ4n) is 3.52. The zero-order valence-electron chi connectivity index (χ0n) is 17.6. The summed E-state index contributed by atoms with van der Waals surface area (Å²) in [6.07, 6.45) is 3.43. The highest BCUT2D eigenvalue weighted by Gasteiger charge is 2.23. The van der Waals surface area contributed by atoms with Gasteiger partial charge in [0.05, 0.1) is 10.8 Å². The smallest absolute Gasteiger partial charge is 0.233 e. The third-order valence-corrected chi connectivity index (χ3v) is 6.57. The van der Waals surface area contributed by atoms with Crippen molar-refractivity contribution in [2.24, 2.45) is 0 Å². The van der Waals surface area contributed by atoms with Crippen molar-refractivity contribution in [3.8, 4) is 5.69 Å². The van der Waals surface area contributed by atoms with Gasteiger partial charge in [0, 0.05) is 38.1 Å². The molecule has 31 heavy (non-hydrogen) atoms. The molecule has 1 amide bonds. The minimum absolute atomic E-state index is 0.0986. The molecular weight excluding hydrogens is 432 g/mol. The van der Waals surface area contributed by atoms with Crippen molar-refractivity contribution in [3.05, 3.63) is 59.5 Å². The number of amides is 1. The lowest BCUT2D eigenvalue weighted by atomic mass is 10.0. The van der Waals surface area contributed by atoms with E-state index >= 15 is 0 Å². The standard InChI is InChI=1S/C22H25ClN6OS/c1-16(2)17-5-7-18(8-6-17)29-15-25-26-22(29)31-14-20(30)27-10-12-28(13-11-27)21-19(23)4-3-9-24-21/h3-9,15-16H,10-14H2,1-2H3. The largest absolute Gasteiger partial charge is 0.352 e. The van der Waals surface area contributed by atoms with Gasteiger partial charge in [0.25, 0.3) is 0 Å². The number of rotatable bonds is 6. The van der Waals surface area contributed by atoms with Crippen LogP contribution in [0.5, 0.6) is 0 Å². The Kier molecular flexibility index (Phi) is 6.77. The van der Waals surface area contributed by atoms with Gasteiger partial charge < -0.3 is 9.80 Å². The molecule has 1 aliphatic heterocycles. The van der Waals surface area contributed by atoms with Gasteiger partial charge in [-0.25, -0.2) is 4.98 Å². The fourth-order valence-corrected chi connectivity index (χ4v) is 4.59. The molecule has 0 radical (unpaired) electrons. The predicted octanol–water partition coefficient (Wildman–Crippen LogP) is 3.88. The molecule has 1 aliphatic rings. The average molecular weight is 457 g/mol. The lowest BCUT2D eigenvalue weighted by molar-refractivity contribution is -0.128. The number of halogens is 1. The monoisotopic (exact) mass is 456 g/mol. The van der Waals surface area contributed by atoms with E-state index < -0.39 is 0 Å². The van der Waals surface area contributed by atoms with Crippen molar-refractivity contribution in [1.29, 1.82) is 0 Å². The third kappa shape index (κ3) is 5.02. The van der Waals surface area contributed by atoms with E-state index in [1.807, 2.05) is 21.6 Å². The second-order valence-corrected chi connectivity index (χ2v) is 9.04. The van der Waals surface area contributed by atoms with E-state index in [0.717, 1.165) is 11.5 Å². The molecule has 1 aromatic carbocycles. The predicted molar refractivity (Wildman–Crippen MR) is 124 cm³/mol. The number of thioether (sulfide) groups is 1. The second-order valence-electron chi connectivity index (χ2n) is 7.70. The first-order valence-electron chi connectivity index (χ1n) is 10.3. The van der Waals surface area contributed by atoms with Gasteiger partial charge in [0.2, 0.25) is 5.91 Å². The van der Waals surface area contributed by atoms with Crippen LogP contribution in [0.3, 0.4) is 0 Å². The quantitative estimate of drug-likeness (QED) is 0.524. The number of nitrogens with zero attached hydrogens (tertiary/aromatic N) is 6. The summed E-state index contributed by atoms with van der Waals surface area (Å²) in [5.74, 6) is 1.69. The highest BCUT2D eigenvalue weighted by Crippen LogP contribution is 2.25. The number of carbonyl (C=O) groups is 1. The van der Waals surface area contributed by atoms with Crippen LogP contribution < -0.4 is 4.90 Å². The van der Waals surface area contributed by atoms with Gasteiger partial charge in [-0.15, -0.1) is 10.2 Å². The average Bonchev–Trinajstić information content (AvgIpc) is 3.26. The number of aromatic nitrogens is 4. The van der Waals surface area contributed by atoms with Crippen LogP contribution in [0.1, 0.15) is 25.3 Å². The van der Waals surface area contributed by atoms with Crippen LogP contribution in [-0.4, -0.2) is 62.5 Å². The molecule has 0 N–H and O–H groups in total. The lowest BCUT2D eigenvalue weighted by Crippen LogP contribution is -2.49. The third-order valence-electron chi connectivity index (χ3n) is 5.35. The van der Waals surface area contributed by atoms with E-state index in [1.54, 1.807) is 12.5 Å². The van der Waals surface area contributed by atoms with Crippen LogP contribution in [0, 0.1) is 0 Å². The van der Waals surface area contributed by atoms with E-state index in [2.05, 4.69) is 58.2 Å². The number of piperazine rings is 1. The number of benzene rings is 1. The Bertz CT molecular complexity index is 1030. The van der Waals surface area contributed by atoms with Gasteiger partial charge in [-0.3, -0.25) is 9.36 Å². The van der Waals surface area contributed by atoms with Crippen LogP contribution in [0.25, 0.3) is 5.69 Å². The molecule has 0 unspecified atom stereocenters. The van der Waals surface area contributed by atoms with Crippen LogP contribution in [0.15, 0.2) is 54.1 Å². The molecular formula is C22H25ClN6OS. The highest BCUT2D eigenvalue weighted by molar-refractivity contribution is 7.99. The Labute approximate surface area is 191 Å². The molecule has 7 nitrogen and oxygen atoms in total. The van der Waals surface area contributed by atoms with Crippen LogP contribution in [0.4, 0.5) is 5.82 Å². The number of pyridine rings is 1. The maximum Gasteiger partial charge on any atom is 0.233 e. The minimum Gasteiger partial charge on any atom is -0.352 e. The molecule has 1 saturated heterocycles. The van der Waals surface area contributed by atoms with Gasteiger partial charge in [-0.2, -0.15) is 0 Å². The highest BCUT2D eigenvalue weighted by atomic mass is 35.5. The molecule has 4 rings (SSSR count). The lowest BCUT2D eigenvalue weighted by Gasteiger charge is -2.35. The van der Waals surface area contributed by atoms with Crippen molar-refractivity contribution in [3.63, 3.8) is 0 Å². The van der Waals surface area contributed by atoms with Crippen molar-refractivity contribution < 1.29 is 4.79 Å². The van der Waals surface area contributed by atoms with Gasteiger partial charge in [-0.05, 0) is 35.7 Å². The molecule has 2 aromatic heterocycles. The zero-order valence-corrected chi connectivity index (χ0v) is 19.2. The molecule has 1 fully saturated rings. The Morgan fingerprint density at radius 1 is 1.13 bits per heavy atom. The van der Waals surface area contributed by atoms with E-state index in [9.17, 15) is 4.79 Å². The molecule has 0 saturated carbocycles. The summed E-state index contributed by atoms with van der Waals surface area (Å²) in [5, 5.41) is 9.59. The maximum atomic E-state index is 12.8. The van der Waals surface area contributed by atoms with Crippen LogP contribution >= 0.6 is 23.4 Å². The van der Waals surface area contributed by atoms with Crippen LogP contribution in [-0.2, 0) is 4.79 Å². The zero-order chi connectivity index (χ0) is 21.8. The molecule has 3 aromatic rings. The van der Waals surface area contributed by atoms with E-state index in [4.69, 9.17) is 11.6 Å². The Morgan fingerprint density at radius 2 is 1.87 bits per heavy atom. The first kappa shape index (κ1) is 21.6. The number of anilines is 1. The molecule has 0 aliphatic carbocycles. The first-order valence-corrected chi connectivity index (χ1v) is 11.7. The second kappa shape index (κ2) is 9.70. The van der Waals surface area contributed by atoms with Gasteiger partial charge in [0.1, 0.15) is 12.1 Å². The Balaban J connectivity index is 1.33. The number of hydrogen-bond donors (Lipinski definition) is 0.